The fraction of sp³-hybridized carbons (Fsp3) is 0.143. The molecule has 4 nitrogen and oxygen atoms in total. The smallest absolute Gasteiger partial charge is 0.272 e. The second-order valence-corrected chi connectivity index (χ2v) is 2.92. The summed E-state index contributed by atoms with van der Waals surface area (Å²) in [5.74, 6) is 1.46. The molecular formula is C7H4Cl2N2O2. The second kappa shape index (κ2) is 3.75. The van der Waals surface area contributed by atoms with Crippen molar-refractivity contribution in [3.8, 4) is 0 Å². The summed E-state index contributed by atoms with van der Waals surface area (Å²) in [5.41, 5.74) is -0.244. The lowest BCUT2D eigenvalue weighted by atomic mass is 10.5. The largest absolute Gasteiger partial charge is 0.293 e. The molecule has 0 N–H and O–H groups in total. The Morgan fingerprint density at radius 1 is 1.46 bits per heavy atom. The molecule has 0 amide bonds. The highest BCUT2D eigenvalue weighted by Crippen LogP contribution is 2.11. The van der Waals surface area contributed by atoms with Gasteiger partial charge in [-0.1, -0.05) is 23.2 Å². The van der Waals surface area contributed by atoms with Gasteiger partial charge in [0.25, 0.3) is 5.56 Å². The van der Waals surface area contributed by atoms with E-state index in [0.717, 1.165) is 10.8 Å². The Labute approximate surface area is 83.4 Å². The maximum Gasteiger partial charge on any atom is 0.293 e. The van der Waals surface area contributed by atoms with Gasteiger partial charge < -0.3 is 0 Å². The van der Waals surface area contributed by atoms with Crippen LogP contribution in [0.25, 0.3) is 6.20 Å². The van der Waals surface area contributed by atoms with Gasteiger partial charge >= 0.3 is 0 Å². The molecule has 0 aliphatic carbocycles. The van der Waals surface area contributed by atoms with E-state index in [-0.39, 0.29) is 10.3 Å². The van der Waals surface area contributed by atoms with Crippen LogP contribution in [0.4, 0.5) is 0 Å². The molecule has 1 heterocycles. The molecule has 0 saturated carbocycles. The highest BCUT2D eigenvalue weighted by atomic mass is 35.5. The Morgan fingerprint density at radius 2 is 2.08 bits per heavy atom. The lowest BCUT2D eigenvalue weighted by Crippen LogP contribution is -2.20. The van der Waals surface area contributed by atoms with Gasteiger partial charge in [0.1, 0.15) is 5.94 Å². The van der Waals surface area contributed by atoms with Crippen LogP contribution in [0.2, 0.25) is 10.3 Å². The molecule has 68 valence electrons. The zero-order valence-corrected chi connectivity index (χ0v) is 8.06. The first-order valence-corrected chi connectivity index (χ1v) is 3.98. The van der Waals surface area contributed by atoms with E-state index in [1.807, 2.05) is 0 Å². The van der Waals surface area contributed by atoms with Crippen molar-refractivity contribution in [2.75, 3.05) is 0 Å². The Balaban J connectivity index is 3.65. The maximum atomic E-state index is 11.2. The van der Waals surface area contributed by atoms with Crippen LogP contribution in [-0.2, 0) is 4.79 Å². The average Bonchev–Trinajstić information content (AvgIpc) is 2.09. The first-order valence-electron chi connectivity index (χ1n) is 3.23. The van der Waals surface area contributed by atoms with Gasteiger partial charge in [-0.25, -0.2) is 9.78 Å². The minimum Gasteiger partial charge on any atom is -0.272 e. The van der Waals surface area contributed by atoms with E-state index in [4.69, 9.17) is 23.2 Å². The van der Waals surface area contributed by atoms with Crippen LogP contribution in [0.1, 0.15) is 5.69 Å². The van der Waals surface area contributed by atoms with E-state index in [1.165, 1.54) is 5.94 Å². The summed E-state index contributed by atoms with van der Waals surface area (Å²) < 4.78 is 0.991. The minimum absolute atomic E-state index is 0.0797. The number of carbonyl (C=O) groups excluding carboxylic acids is 1. The Morgan fingerprint density at radius 3 is 2.62 bits per heavy atom. The summed E-state index contributed by atoms with van der Waals surface area (Å²) in [6, 6.07) is 0. The average molecular weight is 219 g/mol. The SMILES string of the molecule is Cc1c(Cl)nc(Cl)c(=O)n1C=C=O. The molecule has 0 spiro atoms. The number of hydrogen-bond donors (Lipinski definition) is 0. The topological polar surface area (TPSA) is 52.0 Å². The zero-order chi connectivity index (χ0) is 10.0. The highest BCUT2D eigenvalue weighted by Gasteiger charge is 2.08. The van der Waals surface area contributed by atoms with Crippen molar-refractivity contribution in [3.05, 3.63) is 26.4 Å². The van der Waals surface area contributed by atoms with Crippen molar-refractivity contribution in [3.63, 3.8) is 0 Å². The zero-order valence-electron chi connectivity index (χ0n) is 6.54. The van der Waals surface area contributed by atoms with E-state index < -0.39 is 5.56 Å². The molecular weight excluding hydrogens is 215 g/mol. The van der Waals surface area contributed by atoms with Gasteiger partial charge in [0.05, 0.1) is 11.9 Å². The third kappa shape index (κ3) is 1.80. The Hall–Kier alpha value is -1.09. The van der Waals surface area contributed by atoms with Crippen molar-refractivity contribution >= 4 is 35.3 Å². The van der Waals surface area contributed by atoms with Crippen molar-refractivity contribution in [1.82, 2.24) is 9.55 Å². The predicted molar refractivity (Wildman–Crippen MR) is 49.7 cm³/mol. The van der Waals surface area contributed by atoms with Crippen LogP contribution in [0.15, 0.2) is 4.79 Å². The summed E-state index contributed by atoms with van der Waals surface area (Å²) in [4.78, 5) is 24.8. The third-order valence-electron chi connectivity index (χ3n) is 1.43. The summed E-state index contributed by atoms with van der Waals surface area (Å²) in [5, 5.41) is -0.196. The predicted octanol–water partition coefficient (Wildman–Crippen LogP) is 1.16. The molecule has 1 aromatic heterocycles. The molecule has 6 heteroatoms. The molecule has 0 bridgehead atoms. The van der Waals surface area contributed by atoms with Crippen LogP contribution in [0.3, 0.4) is 0 Å². The van der Waals surface area contributed by atoms with E-state index in [0.29, 0.717) is 5.69 Å². The Kier molecular flexibility index (Phi) is 2.88. The molecule has 0 unspecified atom stereocenters. The molecule has 0 fully saturated rings. The number of nitrogens with zero attached hydrogens (tertiary/aromatic N) is 2. The summed E-state index contributed by atoms with van der Waals surface area (Å²) in [7, 11) is 0. The molecule has 1 rings (SSSR count). The first kappa shape index (κ1) is 9.99. The van der Waals surface area contributed by atoms with Gasteiger partial charge in [0, 0.05) is 0 Å². The minimum atomic E-state index is -0.591. The van der Waals surface area contributed by atoms with Gasteiger partial charge in [0.15, 0.2) is 10.3 Å². The lowest BCUT2D eigenvalue weighted by molar-refractivity contribution is 0.569. The van der Waals surface area contributed by atoms with Crippen molar-refractivity contribution < 1.29 is 4.79 Å². The van der Waals surface area contributed by atoms with E-state index in [1.54, 1.807) is 6.92 Å². The highest BCUT2D eigenvalue weighted by molar-refractivity contribution is 6.32. The van der Waals surface area contributed by atoms with Gasteiger partial charge in [-0.15, -0.1) is 0 Å². The molecule has 0 aliphatic rings. The molecule has 1 aromatic rings. The maximum absolute atomic E-state index is 11.2. The molecule has 13 heavy (non-hydrogen) atoms. The third-order valence-corrected chi connectivity index (χ3v) is 2.04. The van der Waals surface area contributed by atoms with Crippen molar-refractivity contribution in [2.24, 2.45) is 0 Å². The van der Waals surface area contributed by atoms with Crippen LogP contribution in [-0.4, -0.2) is 15.5 Å². The Bertz CT molecular complexity index is 447. The summed E-state index contributed by atoms with van der Waals surface area (Å²) in [6.45, 7) is 1.54. The number of hydrogen-bond acceptors (Lipinski definition) is 3. The van der Waals surface area contributed by atoms with E-state index >= 15 is 0 Å². The van der Waals surface area contributed by atoms with Crippen molar-refractivity contribution in [2.45, 2.75) is 6.92 Å². The van der Waals surface area contributed by atoms with Crippen LogP contribution in [0, 0.1) is 6.92 Å². The van der Waals surface area contributed by atoms with Crippen LogP contribution in [0.5, 0.6) is 0 Å². The normalized spacial score (nSPS) is 9.46. The summed E-state index contributed by atoms with van der Waals surface area (Å²) >= 11 is 11.1. The summed E-state index contributed by atoms with van der Waals surface area (Å²) in [6.07, 6.45) is 0.914. The fourth-order valence-corrected chi connectivity index (χ4v) is 1.17. The number of halogens is 2. The monoisotopic (exact) mass is 218 g/mol. The van der Waals surface area contributed by atoms with Gasteiger partial charge in [0.2, 0.25) is 0 Å². The van der Waals surface area contributed by atoms with Gasteiger partial charge in [-0.3, -0.25) is 9.36 Å². The van der Waals surface area contributed by atoms with E-state index in [9.17, 15) is 9.59 Å². The lowest BCUT2D eigenvalue weighted by Gasteiger charge is -2.03. The van der Waals surface area contributed by atoms with Crippen LogP contribution < -0.4 is 5.56 Å². The quantitative estimate of drug-likeness (QED) is 0.666. The van der Waals surface area contributed by atoms with E-state index in [2.05, 4.69) is 4.98 Å². The van der Waals surface area contributed by atoms with Crippen LogP contribution >= 0.6 is 23.2 Å². The molecule has 0 aromatic carbocycles. The molecule has 0 aliphatic heterocycles. The molecule has 0 saturated heterocycles. The second-order valence-electron chi connectivity index (χ2n) is 2.20. The number of aromatic nitrogens is 2. The van der Waals surface area contributed by atoms with Crippen molar-refractivity contribution in [1.29, 1.82) is 0 Å². The molecule has 0 atom stereocenters. The van der Waals surface area contributed by atoms with Gasteiger partial charge in [-0.2, -0.15) is 0 Å². The first-order chi connectivity index (χ1) is 6.07. The van der Waals surface area contributed by atoms with Gasteiger partial charge in [-0.05, 0) is 6.92 Å². The number of rotatable bonds is 1. The molecule has 0 radical (unpaired) electrons. The standard InChI is InChI=1S/C7H4Cl2N2O2/c1-4-5(8)10-6(9)7(13)11(4)2-3-12/h2H,1H3. The fourth-order valence-electron chi connectivity index (χ4n) is 0.774.